The molecule has 13 heavy (non-hydrogen) atoms. The molecule has 4 heteroatoms. The number of thioether (sulfide) groups is 1. The van der Waals surface area contributed by atoms with E-state index in [1.165, 1.54) is 11.8 Å². The molecule has 0 radical (unpaired) electrons. The fourth-order valence-electron chi connectivity index (χ4n) is 0.923. The van der Waals surface area contributed by atoms with E-state index in [1.807, 2.05) is 24.3 Å². The molecule has 0 fully saturated rings. The predicted molar refractivity (Wildman–Crippen MR) is 56.2 cm³/mol. The van der Waals surface area contributed by atoms with Crippen molar-refractivity contribution in [1.29, 1.82) is 5.41 Å². The highest BCUT2D eigenvalue weighted by Crippen LogP contribution is 2.17. The van der Waals surface area contributed by atoms with Crippen molar-refractivity contribution in [1.82, 2.24) is 0 Å². The quantitative estimate of drug-likeness (QED) is 0.572. The molecule has 3 N–H and O–H groups in total. The Labute approximate surface area is 81.8 Å². The lowest BCUT2D eigenvalue weighted by molar-refractivity contribution is 0.414. The van der Waals surface area contributed by atoms with Gasteiger partial charge in [0.25, 0.3) is 0 Å². The average Bonchev–Trinajstić information content (AvgIpc) is 2.15. The summed E-state index contributed by atoms with van der Waals surface area (Å²) in [7, 11) is 1.64. The lowest BCUT2D eigenvalue weighted by atomic mass is 10.2. The summed E-state index contributed by atoms with van der Waals surface area (Å²) in [5, 5.41) is 7.19. The van der Waals surface area contributed by atoms with Crippen LogP contribution in [-0.4, -0.2) is 12.3 Å². The minimum Gasteiger partial charge on any atom is -0.497 e. The van der Waals surface area contributed by atoms with E-state index in [0.717, 1.165) is 11.3 Å². The number of methoxy groups -OCH3 is 1. The van der Waals surface area contributed by atoms with E-state index in [-0.39, 0.29) is 5.17 Å². The number of ether oxygens (including phenoxy) is 1. The fraction of sp³-hybridized carbons (Fsp3) is 0.222. The van der Waals surface area contributed by atoms with Gasteiger partial charge in [-0.3, -0.25) is 5.41 Å². The minimum absolute atomic E-state index is 0.141. The van der Waals surface area contributed by atoms with E-state index in [1.54, 1.807) is 7.11 Å². The standard InChI is InChI=1S/C9H12N2OS/c1-12-8-4-2-3-7(5-8)6-13-9(10)11/h2-5H,6H2,1H3,(H3,10,11). The van der Waals surface area contributed by atoms with Gasteiger partial charge in [0.15, 0.2) is 5.17 Å². The number of hydrogen-bond donors (Lipinski definition) is 2. The highest BCUT2D eigenvalue weighted by Gasteiger charge is 1.97. The smallest absolute Gasteiger partial charge is 0.151 e. The number of hydrogen-bond acceptors (Lipinski definition) is 3. The Morgan fingerprint density at radius 1 is 1.62 bits per heavy atom. The summed E-state index contributed by atoms with van der Waals surface area (Å²) in [5.41, 5.74) is 6.34. The molecule has 1 aromatic carbocycles. The number of rotatable bonds is 3. The molecule has 0 heterocycles. The number of nitrogens with two attached hydrogens (primary N) is 1. The van der Waals surface area contributed by atoms with E-state index in [2.05, 4.69) is 0 Å². The third kappa shape index (κ3) is 3.38. The average molecular weight is 196 g/mol. The van der Waals surface area contributed by atoms with Gasteiger partial charge in [0.05, 0.1) is 7.11 Å². The Morgan fingerprint density at radius 2 is 2.38 bits per heavy atom. The minimum atomic E-state index is 0.141. The van der Waals surface area contributed by atoms with Crippen LogP contribution >= 0.6 is 11.8 Å². The van der Waals surface area contributed by atoms with Crippen molar-refractivity contribution < 1.29 is 4.74 Å². The molecule has 3 nitrogen and oxygen atoms in total. The van der Waals surface area contributed by atoms with Gasteiger partial charge in [-0.15, -0.1) is 0 Å². The summed E-state index contributed by atoms with van der Waals surface area (Å²) in [4.78, 5) is 0. The van der Waals surface area contributed by atoms with Gasteiger partial charge >= 0.3 is 0 Å². The second-order valence-corrected chi connectivity index (χ2v) is 3.52. The molecule has 1 rings (SSSR count). The SMILES string of the molecule is COc1cccc(CSC(=N)N)c1. The van der Waals surface area contributed by atoms with Crippen LogP contribution in [0.4, 0.5) is 0 Å². The third-order valence-electron chi connectivity index (χ3n) is 1.53. The topological polar surface area (TPSA) is 59.1 Å². The lowest BCUT2D eigenvalue weighted by Crippen LogP contribution is -2.03. The second-order valence-electron chi connectivity index (χ2n) is 2.50. The van der Waals surface area contributed by atoms with Gasteiger partial charge in [-0.1, -0.05) is 23.9 Å². The van der Waals surface area contributed by atoms with E-state index in [0.29, 0.717) is 5.75 Å². The zero-order valence-corrected chi connectivity index (χ0v) is 8.23. The first-order chi connectivity index (χ1) is 6.22. The zero-order valence-electron chi connectivity index (χ0n) is 7.41. The molecule has 70 valence electrons. The van der Waals surface area contributed by atoms with Gasteiger partial charge in [0.2, 0.25) is 0 Å². The largest absolute Gasteiger partial charge is 0.497 e. The van der Waals surface area contributed by atoms with Crippen molar-refractivity contribution in [3.63, 3.8) is 0 Å². The van der Waals surface area contributed by atoms with E-state index in [4.69, 9.17) is 15.9 Å². The molecule has 0 saturated carbocycles. The maximum absolute atomic E-state index is 7.05. The first-order valence-corrected chi connectivity index (χ1v) is 4.80. The van der Waals surface area contributed by atoms with Crippen LogP contribution in [0.15, 0.2) is 24.3 Å². The summed E-state index contributed by atoms with van der Waals surface area (Å²) in [6, 6.07) is 7.74. The summed E-state index contributed by atoms with van der Waals surface area (Å²) in [5.74, 6) is 1.55. The zero-order chi connectivity index (χ0) is 9.68. The van der Waals surface area contributed by atoms with Gasteiger partial charge in [0.1, 0.15) is 5.75 Å². The summed E-state index contributed by atoms with van der Waals surface area (Å²) < 4.78 is 5.07. The highest BCUT2D eigenvalue weighted by molar-refractivity contribution is 8.13. The molecule has 0 aliphatic heterocycles. The van der Waals surface area contributed by atoms with Crippen molar-refractivity contribution >= 4 is 16.9 Å². The van der Waals surface area contributed by atoms with Crippen LogP contribution in [0.2, 0.25) is 0 Å². The summed E-state index contributed by atoms with van der Waals surface area (Å²) in [6.07, 6.45) is 0. The Hall–Kier alpha value is -1.16. The van der Waals surface area contributed by atoms with Gasteiger partial charge in [-0.2, -0.15) is 0 Å². The van der Waals surface area contributed by atoms with Crippen LogP contribution in [0.5, 0.6) is 5.75 Å². The van der Waals surface area contributed by atoms with Crippen molar-refractivity contribution in [3.05, 3.63) is 29.8 Å². The van der Waals surface area contributed by atoms with E-state index in [9.17, 15) is 0 Å². The normalized spacial score (nSPS) is 9.62. The number of nitrogens with one attached hydrogen (secondary N) is 1. The van der Waals surface area contributed by atoms with Crippen LogP contribution < -0.4 is 10.5 Å². The molecule has 0 saturated heterocycles. The fourth-order valence-corrected chi connectivity index (χ4v) is 1.43. The molecule has 1 aromatic rings. The third-order valence-corrected chi connectivity index (χ3v) is 2.32. The molecule has 0 spiro atoms. The first kappa shape index (κ1) is 9.92. The molecule has 0 aromatic heterocycles. The number of amidine groups is 1. The Kier molecular flexibility index (Phi) is 3.64. The molecule has 0 amide bonds. The van der Waals surface area contributed by atoms with Gasteiger partial charge < -0.3 is 10.5 Å². The van der Waals surface area contributed by atoms with Crippen LogP contribution in [0.25, 0.3) is 0 Å². The van der Waals surface area contributed by atoms with E-state index >= 15 is 0 Å². The van der Waals surface area contributed by atoms with Gasteiger partial charge in [0, 0.05) is 5.75 Å². The van der Waals surface area contributed by atoms with E-state index < -0.39 is 0 Å². The van der Waals surface area contributed by atoms with Crippen LogP contribution in [-0.2, 0) is 5.75 Å². The Bertz CT molecular complexity index is 301. The molecular formula is C9H12N2OS. The van der Waals surface area contributed by atoms with Crippen molar-refractivity contribution in [2.24, 2.45) is 5.73 Å². The highest BCUT2D eigenvalue weighted by atomic mass is 32.2. The Morgan fingerprint density at radius 3 is 3.00 bits per heavy atom. The second kappa shape index (κ2) is 4.77. The summed E-state index contributed by atoms with van der Waals surface area (Å²) >= 11 is 1.31. The molecule has 0 aliphatic carbocycles. The summed E-state index contributed by atoms with van der Waals surface area (Å²) in [6.45, 7) is 0. The first-order valence-electron chi connectivity index (χ1n) is 3.82. The lowest BCUT2D eigenvalue weighted by Gasteiger charge is -2.02. The molecule has 0 unspecified atom stereocenters. The van der Waals surface area contributed by atoms with Crippen LogP contribution in [0.1, 0.15) is 5.56 Å². The van der Waals surface area contributed by atoms with Crippen molar-refractivity contribution in [2.45, 2.75) is 5.75 Å². The van der Waals surface area contributed by atoms with Gasteiger partial charge in [-0.25, -0.2) is 0 Å². The van der Waals surface area contributed by atoms with Gasteiger partial charge in [-0.05, 0) is 17.7 Å². The van der Waals surface area contributed by atoms with Crippen molar-refractivity contribution in [3.8, 4) is 5.75 Å². The maximum atomic E-state index is 7.05. The predicted octanol–water partition coefficient (Wildman–Crippen LogP) is 1.82. The van der Waals surface area contributed by atoms with Crippen LogP contribution in [0, 0.1) is 5.41 Å². The maximum Gasteiger partial charge on any atom is 0.151 e. The molecule has 0 aliphatic rings. The Balaban J connectivity index is 2.61. The monoisotopic (exact) mass is 196 g/mol. The number of benzene rings is 1. The van der Waals surface area contributed by atoms with Crippen molar-refractivity contribution in [2.75, 3.05) is 7.11 Å². The molecule has 0 bridgehead atoms. The molecule has 0 atom stereocenters. The van der Waals surface area contributed by atoms with Crippen LogP contribution in [0.3, 0.4) is 0 Å². The molecular weight excluding hydrogens is 184 g/mol.